The summed E-state index contributed by atoms with van der Waals surface area (Å²) in [6.45, 7) is 2.23. The SMILES string of the molecule is Cc1cc(-c2ccccc2)ccc1N(c1cc(-c2cccc(-n3c4ccccc4c4ccccc43)c2)c2oc3ccccc3c2c1)c1ccc(-c2ccccc2)cc1-c1ccccc1. The maximum absolute atomic E-state index is 6.88. The van der Waals surface area contributed by atoms with Gasteiger partial charge in [0.25, 0.3) is 0 Å². The zero-order chi connectivity index (χ0) is 42.6. The summed E-state index contributed by atoms with van der Waals surface area (Å²) in [6, 6.07) is 85.3. The number of anilines is 3. The standard InChI is InChI=1S/C61H42N2O/c1-41-36-45(42-18-5-2-6-19-42)32-34-56(41)63(59-35-33-46(43-20-7-3-8-21-43)38-53(59)44-22-9-4-10-23-44)49-39-54(61-55(40-49)52-28-13-16-31-60(52)64-61)47-24-17-25-48(37-47)62-57-29-14-11-26-50(57)51-27-12-15-30-58(51)62/h2-40H,1H3. The number of aromatic nitrogens is 1. The molecule has 12 aromatic rings. The van der Waals surface area contributed by atoms with E-state index in [4.69, 9.17) is 4.42 Å². The molecule has 2 aromatic heterocycles. The third-order valence-electron chi connectivity index (χ3n) is 12.7. The summed E-state index contributed by atoms with van der Waals surface area (Å²) in [6.07, 6.45) is 0. The van der Waals surface area contributed by atoms with Crippen LogP contribution in [-0.2, 0) is 0 Å². The molecule has 0 saturated carbocycles. The average molecular weight is 819 g/mol. The van der Waals surface area contributed by atoms with Gasteiger partial charge in [-0.2, -0.15) is 0 Å². The highest BCUT2D eigenvalue weighted by Gasteiger charge is 2.24. The number of furan rings is 1. The van der Waals surface area contributed by atoms with Gasteiger partial charge in [0, 0.05) is 49.7 Å². The number of para-hydroxylation sites is 3. The van der Waals surface area contributed by atoms with Crippen molar-refractivity contribution < 1.29 is 4.42 Å². The van der Waals surface area contributed by atoms with E-state index in [9.17, 15) is 0 Å². The number of aryl methyl sites for hydroxylation is 1. The zero-order valence-electron chi connectivity index (χ0n) is 35.3. The molecule has 0 atom stereocenters. The first-order valence-corrected chi connectivity index (χ1v) is 21.9. The number of hydrogen-bond donors (Lipinski definition) is 0. The molecule has 3 nitrogen and oxygen atoms in total. The van der Waals surface area contributed by atoms with Gasteiger partial charge in [-0.3, -0.25) is 0 Å². The van der Waals surface area contributed by atoms with E-state index in [1.807, 2.05) is 0 Å². The molecule has 0 aliphatic carbocycles. The molecular weight excluding hydrogens is 777 g/mol. The van der Waals surface area contributed by atoms with E-state index in [1.54, 1.807) is 0 Å². The predicted octanol–water partition coefficient (Wildman–Crippen LogP) is 17.1. The minimum atomic E-state index is 0.863. The van der Waals surface area contributed by atoms with E-state index in [2.05, 4.69) is 253 Å². The van der Waals surface area contributed by atoms with Gasteiger partial charge in [-0.1, -0.05) is 170 Å². The lowest BCUT2D eigenvalue weighted by atomic mass is 9.94. The molecule has 0 aliphatic rings. The fraction of sp³-hybridized carbons (Fsp3) is 0.0164. The van der Waals surface area contributed by atoms with Gasteiger partial charge in [0.1, 0.15) is 11.2 Å². The van der Waals surface area contributed by atoms with Crippen LogP contribution >= 0.6 is 0 Å². The van der Waals surface area contributed by atoms with E-state index in [-0.39, 0.29) is 0 Å². The smallest absolute Gasteiger partial charge is 0.143 e. The Bertz CT molecular complexity index is 3620. The minimum Gasteiger partial charge on any atom is -0.455 e. The number of nitrogens with zero attached hydrogens (tertiary/aromatic N) is 2. The number of benzene rings is 10. The van der Waals surface area contributed by atoms with Crippen LogP contribution in [0.2, 0.25) is 0 Å². The van der Waals surface area contributed by atoms with Crippen LogP contribution in [0, 0.1) is 6.92 Å². The summed E-state index contributed by atoms with van der Waals surface area (Å²) in [5.74, 6) is 0. The number of fused-ring (bicyclic) bond motifs is 6. The highest BCUT2D eigenvalue weighted by Crippen LogP contribution is 2.48. The average Bonchev–Trinajstić information content (AvgIpc) is 3.91. The Morgan fingerprint density at radius 2 is 0.906 bits per heavy atom. The molecule has 3 heteroatoms. The number of hydrogen-bond acceptors (Lipinski definition) is 2. The first-order valence-electron chi connectivity index (χ1n) is 21.9. The molecule has 302 valence electrons. The lowest BCUT2D eigenvalue weighted by Gasteiger charge is -2.30. The Kier molecular flexibility index (Phi) is 9.05. The van der Waals surface area contributed by atoms with Gasteiger partial charge < -0.3 is 13.9 Å². The first kappa shape index (κ1) is 37.4. The zero-order valence-corrected chi connectivity index (χ0v) is 35.3. The third-order valence-corrected chi connectivity index (χ3v) is 12.7. The van der Waals surface area contributed by atoms with Gasteiger partial charge in [0.05, 0.1) is 16.7 Å². The maximum Gasteiger partial charge on any atom is 0.143 e. The fourth-order valence-electron chi connectivity index (χ4n) is 9.68. The van der Waals surface area contributed by atoms with Crippen LogP contribution in [-0.4, -0.2) is 4.57 Å². The molecule has 0 bridgehead atoms. The quantitative estimate of drug-likeness (QED) is 0.152. The second kappa shape index (κ2) is 15.5. The van der Waals surface area contributed by atoms with Crippen molar-refractivity contribution in [2.75, 3.05) is 4.90 Å². The van der Waals surface area contributed by atoms with E-state index in [0.717, 1.165) is 72.5 Å². The normalized spacial score (nSPS) is 11.5. The highest BCUT2D eigenvalue weighted by atomic mass is 16.3. The van der Waals surface area contributed by atoms with Crippen molar-refractivity contribution in [1.29, 1.82) is 0 Å². The van der Waals surface area contributed by atoms with Gasteiger partial charge in [0.15, 0.2) is 0 Å². The molecular formula is C61H42N2O. The topological polar surface area (TPSA) is 21.3 Å². The lowest BCUT2D eigenvalue weighted by molar-refractivity contribution is 0.670. The third kappa shape index (κ3) is 6.37. The van der Waals surface area contributed by atoms with Crippen molar-refractivity contribution in [1.82, 2.24) is 4.57 Å². The summed E-state index contributed by atoms with van der Waals surface area (Å²) in [5, 5.41) is 4.62. The van der Waals surface area contributed by atoms with Crippen molar-refractivity contribution >= 4 is 60.8 Å². The van der Waals surface area contributed by atoms with E-state index >= 15 is 0 Å². The fourth-order valence-corrected chi connectivity index (χ4v) is 9.68. The van der Waals surface area contributed by atoms with Crippen molar-refractivity contribution in [3.8, 4) is 50.2 Å². The Morgan fingerprint density at radius 1 is 0.359 bits per heavy atom. The molecule has 0 spiro atoms. The molecule has 0 N–H and O–H groups in total. The van der Waals surface area contributed by atoms with Gasteiger partial charge in [0.2, 0.25) is 0 Å². The molecule has 0 radical (unpaired) electrons. The van der Waals surface area contributed by atoms with Gasteiger partial charge in [-0.25, -0.2) is 0 Å². The van der Waals surface area contributed by atoms with Crippen LogP contribution in [0.5, 0.6) is 0 Å². The van der Waals surface area contributed by atoms with Gasteiger partial charge >= 0.3 is 0 Å². The van der Waals surface area contributed by atoms with Crippen molar-refractivity contribution in [3.05, 3.63) is 242 Å². The van der Waals surface area contributed by atoms with Gasteiger partial charge in [-0.05, 0) is 113 Å². The van der Waals surface area contributed by atoms with Crippen LogP contribution in [0.15, 0.2) is 241 Å². The Labute approximate surface area is 372 Å². The summed E-state index contributed by atoms with van der Waals surface area (Å²) in [7, 11) is 0. The highest BCUT2D eigenvalue weighted by molar-refractivity contribution is 6.13. The second-order valence-electron chi connectivity index (χ2n) is 16.6. The molecule has 0 amide bonds. The summed E-state index contributed by atoms with van der Waals surface area (Å²) in [4.78, 5) is 2.46. The molecule has 2 heterocycles. The molecule has 0 aliphatic heterocycles. The minimum absolute atomic E-state index is 0.863. The van der Waals surface area contributed by atoms with E-state index < -0.39 is 0 Å². The largest absolute Gasteiger partial charge is 0.455 e. The van der Waals surface area contributed by atoms with Crippen molar-refractivity contribution in [3.63, 3.8) is 0 Å². The molecule has 0 saturated heterocycles. The summed E-state index contributed by atoms with van der Waals surface area (Å²) >= 11 is 0. The van der Waals surface area contributed by atoms with Crippen LogP contribution in [0.3, 0.4) is 0 Å². The Hall–Kier alpha value is -8.40. The van der Waals surface area contributed by atoms with Crippen LogP contribution in [0.25, 0.3) is 93.9 Å². The Morgan fingerprint density at radius 3 is 1.56 bits per heavy atom. The monoisotopic (exact) mass is 818 g/mol. The maximum atomic E-state index is 6.88. The summed E-state index contributed by atoms with van der Waals surface area (Å²) < 4.78 is 9.26. The number of rotatable bonds is 8. The van der Waals surface area contributed by atoms with E-state index in [1.165, 1.54) is 44.1 Å². The first-order chi connectivity index (χ1) is 31.7. The van der Waals surface area contributed by atoms with Gasteiger partial charge in [-0.15, -0.1) is 0 Å². The second-order valence-corrected chi connectivity index (χ2v) is 16.6. The Balaban J connectivity index is 1.13. The van der Waals surface area contributed by atoms with Crippen LogP contribution in [0.4, 0.5) is 17.1 Å². The summed E-state index contributed by atoms with van der Waals surface area (Å²) in [5.41, 5.74) is 18.7. The molecule has 10 aromatic carbocycles. The molecule has 64 heavy (non-hydrogen) atoms. The lowest BCUT2D eigenvalue weighted by Crippen LogP contribution is -2.13. The molecule has 12 rings (SSSR count). The molecule has 0 unspecified atom stereocenters. The van der Waals surface area contributed by atoms with Crippen molar-refractivity contribution in [2.24, 2.45) is 0 Å². The molecule has 0 fully saturated rings. The van der Waals surface area contributed by atoms with E-state index in [0.29, 0.717) is 0 Å². The van der Waals surface area contributed by atoms with Crippen molar-refractivity contribution in [2.45, 2.75) is 6.92 Å². The predicted molar refractivity (Wildman–Crippen MR) is 269 cm³/mol. The van der Waals surface area contributed by atoms with Crippen LogP contribution in [0.1, 0.15) is 5.56 Å². The van der Waals surface area contributed by atoms with Crippen LogP contribution < -0.4 is 4.90 Å².